The number of carbonyl (C=O) groups excluding carboxylic acids is 1. The molecule has 1 aromatic rings. The standard InChI is InChI=1S/C16H19FN2O/c17-15-8-7-13(6-5-9-18)12-14(15)16(20)19-10-3-1-2-4-11-19/h7-8,12H,1-4,9-11,18H2. The van der Waals surface area contributed by atoms with Crippen LogP contribution in [0.3, 0.4) is 0 Å². The maximum absolute atomic E-state index is 13.9. The van der Waals surface area contributed by atoms with Crippen molar-refractivity contribution in [3.8, 4) is 11.8 Å². The summed E-state index contributed by atoms with van der Waals surface area (Å²) in [5.41, 5.74) is 6.04. The molecule has 4 heteroatoms. The first-order valence-electron chi connectivity index (χ1n) is 7.00. The molecule has 0 radical (unpaired) electrons. The lowest BCUT2D eigenvalue weighted by Gasteiger charge is -2.20. The van der Waals surface area contributed by atoms with Crippen molar-refractivity contribution in [2.75, 3.05) is 19.6 Å². The maximum Gasteiger partial charge on any atom is 0.256 e. The van der Waals surface area contributed by atoms with Crippen molar-refractivity contribution in [2.45, 2.75) is 25.7 Å². The van der Waals surface area contributed by atoms with Crippen molar-refractivity contribution in [3.05, 3.63) is 35.1 Å². The number of amides is 1. The summed E-state index contributed by atoms with van der Waals surface area (Å²) in [5, 5.41) is 0. The van der Waals surface area contributed by atoms with Crippen LogP contribution in [-0.4, -0.2) is 30.4 Å². The summed E-state index contributed by atoms with van der Waals surface area (Å²) in [6, 6.07) is 4.38. The van der Waals surface area contributed by atoms with E-state index in [1.54, 1.807) is 11.0 Å². The van der Waals surface area contributed by atoms with Crippen molar-refractivity contribution in [1.29, 1.82) is 0 Å². The molecule has 0 aromatic heterocycles. The Hall–Kier alpha value is -1.86. The zero-order valence-electron chi connectivity index (χ0n) is 11.5. The third-order valence-corrected chi connectivity index (χ3v) is 3.42. The van der Waals surface area contributed by atoms with E-state index in [0.29, 0.717) is 18.7 Å². The van der Waals surface area contributed by atoms with E-state index in [9.17, 15) is 9.18 Å². The van der Waals surface area contributed by atoms with Gasteiger partial charge in [-0.05, 0) is 31.0 Å². The predicted octanol–water partition coefficient (Wildman–Crippen LogP) is 2.15. The molecule has 20 heavy (non-hydrogen) atoms. The van der Waals surface area contributed by atoms with E-state index in [2.05, 4.69) is 11.8 Å². The maximum atomic E-state index is 13.9. The molecule has 106 valence electrons. The van der Waals surface area contributed by atoms with E-state index in [-0.39, 0.29) is 18.0 Å². The van der Waals surface area contributed by atoms with Gasteiger partial charge in [-0.1, -0.05) is 24.7 Å². The molecule has 3 nitrogen and oxygen atoms in total. The number of rotatable bonds is 1. The van der Waals surface area contributed by atoms with Crippen LogP contribution in [0.4, 0.5) is 4.39 Å². The Balaban J connectivity index is 2.23. The van der Waals surface area contributed by atoms with Crippen molar-refractivity contribution in [2.24, 2.45) is 5.73 Å². The molecule has 0 atom stereocenters. The Morgan fingerprint density at radius 1 is 1.25 bits per heavy atom. The van der Waals surface area contributed by atoms with Crippen molar-refractivity contribution in [3.63, 3.8) is 0 Å². The average molecular weight is 274 g/mol. The molecular weight excluding hydrogens is 255 g/mol. The smallest absolute Gasteiger partial charge is 0.256 e. The highest BCUT2D eigenvalue weighted by Crippen LogP contribution is 2.16. The van der Waals surface area contributed by atoms with Crippen LogP contribution >= 0.6 is 0 Å². The molecule has 1 aromatic carbocycles. The lowest BCUT2D eigenvalue weighted by Crippen LogP contribution is -2.32. The summed E-state index contributed by atoms with van der Waals surface area (Å²) in [7, 11) is 0. The number of benzene rings is 1. The molecule has 1 aliphatic rings. The van der Waals surface area contributed by atoms with E-state index in [0.717, 1.165) is 25.7 Å². The summed E-state index contributed by atoms with van der Waals surface area (Å²) in [5.74, 6) is 4.82. The van der Waals surface area contributed by atoms with Crippen molar-refractivity contribution in [1.82, 2.24) is 4.90 Å². The number of halogens is 1. The molecule has 1 amide bonds. The fourth-order valence-corrected chi connectivity index (χ4v) is 2.36. The first-order valence-corrected chi connectivity index (χ1v) is 7.00. The molecule has 0 bridgehead atoms. The van der Waals surface area contributed by atoms with Gasteiger partial charge in [-0.3, -0.25) is 4.79 Å². The van der Waals surface area contributed by atoms with Crippen molar-refractivity contribution >= 4 is 5.91 Å². The van der Waals surface area contributed by atoms with Crippen LogP contribution < -0.4 is 5.73 Å². The van der Waals surface area contributed by atoms with Crippen LogP contribution in [0.5, 0.6) is 0 Å². The molecule has 0 unspecified atom stereocenters. The van der Waals surface area contributed by atoms with E-state index >= 15 is 0 Å². The van der Waals surface area contributed by atoms with Gasteiger partial charge in [0.05, 0.1) is 12.1 Å². The van der Waals surface area contributed by atoms with Crippen LogP contribution in [-0.2, 0) is 0 Å². The monoisotopic (exact) mass is 274 g/mol. The Kier molecular flexibility index (Phi) is 5.14. The lowest BCUT2D eigenvalue weighted by atomic mass is 10.1. The van der Waals surface area contributed by atoms with Gasteiger partial charge in [0.25, 0.3) is 5.91 Å². The van der Waals surface area contributed by atoms with Gasteiger partial charge in [0.1, 0.15) is 5.82 Å². The number of hydrogen-bond acceptors (Lipinski definition) is 2. The summed E-state index contributed by atoms with van der Waals surface area (Å²) in [6.45, 7) is 1.65. The SMILES string of the molecule is NCC#Cc1ccc(F)c(C(=O)N2CCCCCC2)c1. The summed E-state index contributed by atoms with van der Waals surface area (Å²) >= 11 is 0. The highest BCUT2D eigenvalue weighted by atomic mass is 19.1. The van der Waals surface area contributed by atoms with Gasteiger partial charge in [0, 0.05) is 18.7 Å². The Morgan fingerprint density at radius 3 is 2.60 bits per heavy atom. The zero-order valence-corrected chi connectivity index (χ0v) is 11.5. The van der Waals surface area contributed by atoms with Gasteiger partial charge in [-0.2, -0.15) is 0 Å². The van der Waals surface area contributed by atoms with Crippen LogP contribution in [0, 0.1) is 17.7 Å². The molecule has 0 saturated carbocycles. The molecular formula is C16H19FN2O. The first kappa shape index (κ1) is 14.5. The third kappa shape index (κ3) is 3.58. The quantitative estimate of drug-likeness (QED) is 0.798. The molecule has 0 aliphatic carbocycles. The molecule has 2 rings (SSSR count). The topological polar surface area (TPSA) is 46.3 Å². The van der Waals surface area contributed by atoms with E-state index in [1.807, 2.05) is 0 Å². The normalized spacial score (nSPS) is 15.2. The van der Waals surface area contributed by atoms with Crippen LogP contribution in [0.2, 0.25) is 0 Å². The molecule has 2 N–H and O–H groups in total. The minimum atomic E-state index is -0.488. The van der Waals surface area contributed by atoms with Crippen LogP contribution in [0.1, 0.15) is 41.6 Å². The number of nitrogens with two attached hydrogens (primary N) is 1. The summed E-state index contributed by atoms with van der Waals surface area (Å²) in [6.07, 6.45) is 4.24. The Bertz CT molecular complexity index is 537. The lowest BCUT2D eigenvalue weighted by molar-refractivity contribution is 0.0757. The molecule has 1 fully saturated rings. The molecule has 1 heterocycles. The van der Waals surface area contributed by atoms with E-state index in [4.69, 9.17) is 5.73 Å². The van der Waals surface area contributed by atoms with Gasteiger partial charge in [-0.25, -0.2) is 4.39 Å². The fourth-order valence-electron chi connectivity index (χ4n) is 2.36. The highest BCUT2D eigenvalue weighted by Gasteiger charge is 2.20. The number of carbonyl (C=O) groups is 1. The van der Waals surface area contributed by atoms with E-state index < -0.39 is 5.82 Å². The van der Waals surface area contributed by atoms with Crippen LogP contribution in [0.25, 0.3) is 0 Å². The zero-order chi connectivity index (χ0) is 14.4. The number of hydrogen-bond donors (Lipinski definition) is 1. The van der Waals surface area contributed by atoms with Gasteiger partial charge < -0.3 is 10.6 Å². The Morgan fingerprint density at radius 2 is 1.95 bits per heavy atom. The number of nitrogens with zero attached hydrogens (tertiary/aromatic N) is 1. The Labute approximate surface area is 119 Å². The highest BCUT2D eigenvalue weighted by molar-refractivity contribution is 5.94. The summed E-state index contributed by atoms with van der Waals surface area (Å²) < 4.78 is 13.9. The second-order valence-electron chi connectivity index (χ2n) is 4.91. The minimum absolute atomic E-state index is 0.107. The third-order valence-electron chi connectivity index (χ3n) is 3.42. The van der Waals surface area contributed by atoms with Gasteiger partial charge in [0.15, 0.2) is 0 Å². The predicted molar refractivity (Wildman–Crippen MR) is 76.7 cm³/mol. The van der Waals surface area contributed by atoms with E-state index in [1.165, 1.54) is 12.1 Å². The largest absolute Gasteiger partial charge is 0.339 e. The van der Waals surface area contributed by atoms with Crippen LogP contribution in [0.15, 0.2) is 18.2 Å². The second-order valence-corrected chi connectivity index (χ2v) is 4.91. The summed E-state index contributed by atoms with van der Waals surface area (Å²) in [4.78, 5) is 14.2. The van der Waals surface area contributed by atoms with Gasteiger partial charge in [-0.15, -0.1) is 0 Å². The second kappa shape index (κ2) is 7.06. The van der Waals surface area contributed by atoms with Gasteiger partial charge in [0.2, 0.25) is 0 Å². The minimum Gasteiger partial charge on any atom is -0.339 e. The molecule has 1 aliphatic heterocycles. The number of likely N-dealkylation sites (tertiary alicyclic amines) is 1. The van der Waals surface area contributed by atoms with Crippen molar-refractivity contribution < 1.29 is 9.18 Å². The van der Waals surface area contributed by atoms with Gasteiger partial charge >= 0.3 is 0 Å². The molecule has 0 spiro atoms. The molecule has 1 saturated heterocycles. The fraction of sp³-hybridized carbons (Fsp3) is 0.438. The first-order chi connectivity index (χ1) is 9.72. The average Bonchev–Trinajstić information content (AvgIpc) is 2.75.